The van der Waals surface area contributed by atoms with Crippen molar-refractivity contribution in [1.29, 1.82) is 0 Å². The summed E-state index contributed by atoms with van der Waals surface area (Å²) in [5.74, 6) is 0.791. The molecule has 2 aliphatic heterocycles. The Morgan fingerprint density at radius 1 is 1.10 bits per heavy atom. The first-order valence-corrected chi connectivity index (χ1v) is 14.3. The zero-order chi connectivity index (χ0) is 27.7. The maximum Gasteiger partial charge on any atom is 0.242 e. The fourth-order valence-corrected chi connectivity index (χ4v) is 6.23. The average molecular weight is 540 g/mol. The first kappa shape index (κ1) is 27.8. The van der Waals surface area contributed by atoms with Crippen molar-refractivity contribution in [3.63, 3.8) is 0 Å². The number of rotatable bonds is 10. The van der Waals surface area contributed by atoms with Gasteiger partial charge >= 0.3 is 0 Å². The van der Waals surface area contributed by atoms with Gasteiger partial charge in [0.2, 0.25) is 11.8 Å². The van der Waals surface area contributed by atoms with Crippen molar-refractivity contribution in [1.82, 2.24) is 10.6 Å². The highest BCUT2D eigenvalue weighted by molar-refractivity contribution is 6.02. The molecule has 212 valence electrons. The van der Waals surface area contributed by atoms with E-state index in [0.717, 1.165) is 36.3 Å². The van der Waals surface area contributed by atoms with Gasteiger partial charge in [-0.2, -0.15) is 0 Å². The summed E-state index contributed by atoms with van der Waals surface area (Å²) in [4.78, 5) is 44.4. The number of Topliss-reactive ketones (excluding diaryl/α,β-unsaturated/α-hetero) is 1. The molecule has 4 aliphatic rings. The Hall–Kier alpha value is -2.78. The Balaban J connectivity index is 1.33. The monoisotopic (exact) mass is 539 g/mol. The van der Waals surface area contributed by atoms with Gasteiger partial charge in [-0.3, -0.25) is 19.4 Å². The minimum atomic E-state index is -0.738. The lowest BCUT2D eigenvalue weighted by atomic mass is 9.64. The molecule has 1 saturated heterocycles. The summed E-state index contributed by atoms with van der Waals surface area (Å²) in [6.07, 6.45) is 5.42. The van der Waals surface area contributed by atoms with Gasteiger partial charge in [0.25, 0.3) is 0 Å². The second-order valence-corrected chi connectivity index (χ2v) is 12.0. The molecule has 0 radical (unpaired) electrons. The molecular weight excluding hydrogens is 498 g/mol. The number of fused-ring (bicyclic) bond motifs is 1. The molecule has 0 bridgehead atoms. The van der Waals surface area contributed by atoms with Gasteiger partial charge < -0.3 is 25.2 Å². The molecule has 9 nitrogen and oxygen atoms in total. The van der Waals surface area contributed by atoms with E-state index in [9.17, 15) is 19.5 Å². The summed E-state index contributed by atoms with van der Waals surface area (Å²) in [7, 11) is 1.62. The third-order valence-corrected chi connectivity index (χ3v) is 9.12. The van der Waals surface area contributed by atoms with Crippen LogP contribution in [-0.2, 0) is 25.5 Å². The lowest BCUT2D eigenvalue weighted by Crippen LogP contribution is -2.56. The minimum Gasteiger partial charge on any atom is -0.497 e. The number of carbonyl (C=O) groups is 3. The van der Waals surface area contributed by atoms with Gasteiger partial charge in [-0.1, -0.05) is 12.1 Å². The molecule has 2 heterocycles. The Morgan fingerprint density at radius 2 is 1.79 bits per heavy atom. The van der Waals surface area contributed by atoms with Crippen molar-refractivity contribution in [3.8, 4) is 5.75 Å². The van der Waals surface area contributed by atoms with E-state index in [0.29, 0.717) is 44.6 Å². The van der Waals surface area contributed by atoms with Crippen LogP contribution in [0.15, 0.2) is 29.3 Å². The zero-order valence-electron chi connectivity index (χ0n) is 23.2. The molecule has 9 heteroatoms. The molecule has 2 aliphatic carbocycles. The number of aliphatic imine (C=N–C) groups is 1. The molecule has 6 unspecified atom stereocenters. The lowest BCUT2D eigenvalue weighted by Gasteiger charge is -2.45. The third kappa shape index (κ3) is 6.19. The maximum atomic E-state index is 13.4. The molecule has 0 aromatic heterocycles. The van der Waals surface area contributed by atoms with Crippen LogP contribution in [0.3, 0.4) is 0 Å². The molecule has 1 aromatic rings. The number of ketones is 1. The molecule has 3 N–H and O–H groups in total. The van der Waals surface area contributed by atoms with Crippen LogP contribution in [0.25, 0.3) is 0 Å². The van der Waals surface area contributed by atoms with E-state index in [1.54, 1.807) is 14.0 Å². The summed E-state index contributed by atoms with van der Waals surface area (Å²) in [5.41, 5.74) is 1.16. The number of epoxide rings is 1. The van der Waals surface area contributed by atoms with Gasteiger partial charge in [0.05, 0.1) is 25.9 Å². The van der Waals surface area contributed by atoms with E-state index >= 15 is 0 Å². The number of hydrogen-bond acceptors (Lipinski definition) is 7. The van der Waals surface area contributed by atoms with Crippen molar-refractivity contribution < 1.29 is 29.0 Å². The fraction of sp³-hybridized carbons (Fsp3) is 0.667. The minimum absolute atomic E-state index is 0.0260. The molecule has 2 saturated carbocycles. The second-order valence-electron chi connectivity index (χ2n) is 12.0. The predicted octanol–water partition coefficient (Wildman–Crippen LogP) is 2.38. The average Bonchev–Trinajstić information content (AvgIpc) is 3.67. The van der Waals surface area contributed by atoms with Crippen LogP contribution >= 0.6 is 0 Å². The van der Waals surface area contributed by atoms with Gasteiger partial charge in [-0.05, 0) is 88.8 Å². The number of nitrogens with zero attached hydrogens (tertiary/aromatic N) is 1. The van der Waals surface area contributed by atoms with E-state index in [4.69, 9.17) is 14.5 Å². The Bertz CT molecular complexity index is 1110. The molecule has 3 fully saturated rings. The van der Waals surface area contributed by atoms with Crippen molar-refractivity contribution in [2.24, 2.45) is 22.7 Å². The number of methoxy groups -OCH3 is 1. The lowest BCUT2D eigenvalue weighted by molar-refractivity contribution is -0.132. The number of amides is 2. The molecule has 1 aromatic carbocycles. The van der Waals surface area contributed by atoms with Crippen LogP contribution in [0, 0.1) is 17.8 Å². The van der Waals surface area contributed by atoms with Crippen LogP contribution in [0.4, 0.5) is 0 Å². The van der Waals surface area contributed by atoms with E-state index in [1.807, 2.05) is 31.2 Å². The normalized spacial score (nSPS) is 32.9. The third-order valence-electron chi connectivity index (χ3n) is 9.12. The van der Waals surface area contributed by atoms with E-state index in [-0.39, 0.29) is 35.5 Å². The molecule has 39 heavy (non-hydrogen) atoms. The quantitative estimate of drug-likeness (QED) is 0.392. The van der Waals surface area contributed by atoms with Crippen LogP contribution < -0.4 is 15.4 Å². The number of carbonyl (C=O) groups excluding carboxylic acids is 3. The van der Waals surface area contributed by atoms with Crippen LogP contribution in [0.1, 0.15) is 64.4 Å². The summed E-state index contributed by atoms with van der Waals surface area (Å²) in [6.45, 7) is 3.96. The Labute approximate surface area is 230 Å². The van der Waals surface area contributed by atoms with E-state index in [2.05, 4.69) is 10.6 Å². The smallest absolute Gasteiger partial charge is 0.242 e. The maximum absolute atomic E-state index is 13.4. The van der Waals surface area contributed by atoms with E-state index < -0.39 is 23.7 Å². The van der Waals surface area contributed by atoms with Gasteiger partial charge in [-0.25, -0.2) is 0 Å². The summed E-state index contributed by atoms with van der Waals surface area (Å²) < 4.78 is 10.7. The zero-order valence-corrected chi connectivity index (χ0v) is 23.2. The van der Waals surface area contributed by atoms with Crippen molar-refractivity contribution in [2.45, 2.75) is 95.0 Å². The molecule has 6 atom stereocenters. The van der Waals surface area contributed by atoms with Gasteiger partial charge in [0, 0.05) is 17.5 Å². The van der Waals surface area contributed by atoms with Crippen LogP contribution in [0.2, 0.25) is 0 Å². The number of aliphatic hydroxyl groups excluding tert-OH is 1. The highest BCUT2D eigenvalue weighted by Gasteiger charge is 2.53. The summed E-state index contributed by atoms with van der Waals surface area (Å²) >= 11 is 0. The van der Waals surface area contributed by atoms with Gasteiger partial charge in [0.15, 0.2) is 5.78 Å². The van der Waals surface area contributed by atoms with Crippen LogP contribution in [-0.4, -0.2) is 72.0 Å². The van der Waals surface area contributed by atoms with Gasteiger partial charge in [-0.15, -0.1) is 0 Å². The molecule has 5 rings (SSSR count). The topological polar surface area (TPSA) is 130 Å². The Kier molecular flexibility index (Phi) is 8.10. The van der Waals surface area contributed by atoms with E-state index in [1.165, 1.54) is 0 Å². The summed E-state index contributed by atoms with van der Waals surface area (Å²) in [6, 6.07) is 6.17. The van der Waals surface area contributed by atoms with Gasteiger partial charge in [0.1, 0.15) is 23.4 Å². The van der Waals surface area contributed by atoms with Crippen molar-refractivity contribution in [3.05, 3.63) is 29.8 Å². The highest BCUT2D eigenvalue weighted by atomic mass is 16.6. The molecule has 2 amide bonds. The standard InChI is InChI=1S/C30H41N3O6/c1-17(31-29(37)19-6-9-21(34)10-7-19)28(36)33-24(14-18-4-11-22(38-3)12-5-18)26-23-13-8-20(23)15-25(32-26)27(35)30(2)16-39-30/h4-5,11-12,17,19-21,23-25,34H,6-10,13-16H2,1-3H3,(H,31,37)(H,33,36). The number of aliphatic hydroxyl groups is 1. The van der Waals surface area contributed by atoms with Crippen molar-refractivity contribution >= 4 is 23.3 Å². The Morgan fingerprint density at radius 3 is 2.38 bits per heavy atom. The largest absolute Gasteiger partial charge is 0.497 e. The molecular formula is C30H41N3O6. The first-order chi connectivity index (χ1) is 18.7. The SMILES string of the molecule is COc1ccc(CC(NC(=O)C(C)NC(=O)C2CCC(O)CC2)C2=NC(C(=O)C3(C)CO3)CC3CCC23)cc1. The molecule has 0 spiro atoms. The number of ether oxygens (including phenoxy) is 2. The number of nitrogens with one attached hydrogen (secondary N) is 2. The summed E-state index contributed by atoms with van der Waals surface area (Å²) in [5, 5.41) is 15.8. The number of benzene rings is 1. The highest BCUT2D eigenvalue weighted by Crippen LogP contribution is 2.45. The fourth-order valence-electron chi connectivity index (χ4n) is 6.23. The van der Waals surface area contributed by atoms with Crippen molar-refractivity contribution in [2.75, 3.05) is 13.7 Å². The number of hydrogen-bond donors (Lipinski definition) is 3. The second kappa shape index (κ2) is 11.4. The first-order valence-electron chi connectivity index (χ1n) is 14.3. The van der Waals surface area contributed by atoms with Crippen LogP contribution in [0.5, 0.6) is 5.75 Å². The predicted molar refractivity (Wildman–Crippen MR) is 146 cm³/mol.